The Morgan fingerprint density at radius 1 is 0.452 bits per heavy atom. The Labute approximate surface area is 398 Å². The molecule has 0 amide bonds. The Balaban J connectivity index is 0.000000173. The molecule has 10 rings (SSSR count). The molecule has 1 aliphatic carbocycles. The zero-order valence-corrected chi connectivity index (χ0v) is 40.4. The molecular weight excluding hydrogens is 871 g/mol. The summed E-state index contributed by atoms with van der Waals surface area (Å²) in [6.45, 7) is 13.9. The van der Waals surface area contributed by atoms with Gasteiger partial charge in [0.05, 0.1) is 0 Å². The SMILES string of the molecule is CC(C)(C)c1cc2c([c-]c1-c1ccccc1)Cc1cc(-c3ccccc3)c(C(C)(C)C)cc1-2.ClC(Cl)(c1ccc2ccccc2c1)c1ccc2ccccc2c1.[Zr+2].c1cc[cH-]c1. The first-order valence-electron chi connectivity index (χ1n) is 21.2. The summed E-state index contributed by atoms with van der Waals surface area (Å²) in [4.78, 5) is 0. The number of halogens is 2. The van der Waals surface area contributed by atoms with Crippen molar-refractivity contribution in [1.29, 1.82) is 0 Å². The van der Waals surface area contributed by atoms with Gasteiger partial charge in [-0.25, -0.2) is 12.1 Å². The number of rotatable bonds is 4. The Bertz CT molecular complexity index is 2710. The predicted octanol–water partition coefficient (Wildman–Crippen LogP) is 17.1. The van der Waals surface area contributed by atoms with Crippen molar-refractivity contribution < 1.29 is 26.2 Å². The van der Waals surface area contributed by atoms with Crippen LogP contribution in [0.15, 0.2) is 194 Å². The molecule has 0 aromatic heterocycles. The molecule has 0 spiro atoms. The van der Waals surface area contributed by atoms with Crippen molar-refractivity contribution in [2.45, 2.75) is 63.1 Å². The van der Waals surface area contributed by atoms with E-state index in [2.05, 4.69) is 175 Å². The molecule has 0 radical (unpaired) electrons. The number of alkyl halides is 2. The first-order valence-corrected chi connectivity index (χ1v) is 21.9. The van der Waals surface area contributed by atoms with E-state index in [1.807, 2.05) is 66.7 Å². The van der Waals surface area contributed by atoms with Gasteiger partial charge in [-0.1, -0.05) is 227 Å². The third-order valence-corrected chi connectivity index (χ3v) is 12.5. The Morgan fingerprint density at radius 2 is 0.919 bits per heavy atom. The molecule has 0 unspecified atom stereocenters. The molecule has 0 aliphatic heterocycles. The van der Waals surface area contributed by atoms with Crippen molar-refractivity contribution in [3.8, 4) is 33.4 Å². The Hall–Kier alpha value is -4.91. The van der Waals surface area contributed by atoms with E-state index in [1.165, 1.54) is 66.4 Å². The zero-order valence-electron chi connectivity index (χ0n) is 36.4. The molecule has 0 heterocycles. The maximum atomic E-state index is 6.75. The van der Waals surface area contributed by atoms with E-state index in [1.54, 1.807) is 0 Å². The van der Waals surface area contributed by atoms with Gasteiger partial charge < -0.3 is 0 Å². The third-order valence-electron chi connectivity index (χ3n) is 11.6. The second-order valence-electron chi connectivity index (χ2n) is 18.1. The fourth-order valence-electron chi connectivity index (χ4n) is 8.36. The molecule has 0 nitrogen and oxygen atoms in total. The summed E-state index contributed by atoms with van der Waals surface area (Å²) >= 11 is 13.5. The average Bonchev–Trinajstić information content (AvgIpc) is 3.98. The molecule has 0 saturated heterocycles. The van der Waals surface area contributed by atoms with Crippen LogP contribution in [-0.2, 0) is 47.8 Å². The second-order valence-corrected chi connectivity index (χ2v) is 19.4. The van der Waals surface area contributed by atoms with Crippen molar-refractivity contribution in [1.82, 2.24) is 0 Å². The maximum Gasteiger partial charge on any atom is 2.00 e. The Morgan fingerprint density at radius 3 is 1.40 bits per heavy atom. The van der Waals surface area contributed by atoms with Crippen LogP contribution < -0.4 is 0 Å². The molecule has 0 atom stereocenters. The van der Waals surface area contributed by atoms with Crippen LogP contribution in [0, 0.1) is 6.07 Å². The van der Waals surface area contributed by atoms with Crippen molar-refractivity contribution >= 4 is 44.7 Å². The van der Waals surface area contributed by atoms with E-state index in [9.17, 15) is 0 Å². The summed E-state index contributed by atoms with van der Waals surface area (Å²) in [5, 5.41) is 4.63. The maximum absolute atomic E-state index is 6.75. The fraction of sp³-hybridized carbons (Fsp3) is 0.169. The van der Waals surface area contributed by atoms with Crippen LogP contribution in [0.4, 0.5) is 0 Å². The van der Waals surface area contributed by atoms with E-state index in [0.29, 0.717) is 0 Å². The second kappa shape index (κ2) is 18.8. The van der Waals surface area contributed by atoms with Crippen LogP contribution in [0.25, 0.3) is 54.9 Å². The van der Waals surface area contributed by atoms with Crippen LogP contribution in [0.1, 0.15) is 74.9 Å². The molecule has 0 bridgehead atoms. The van der Waals surface area contributed by atoms with Gasteiger partial charge in [-0.2, -0.15) is 18.2 Å². The van der Waals surface area contributed by atoms with Crippen molar-refractivity contribution in [3.05, 3.63) is 234 Å². The van der Waals surface area contributed by atoms with Crippen LogP contribution in [0.2, 0.25) is 0 Å². The smallest absolute Gasteiger partial charge is 0.214 e. The number of benzene rings is 8. The van der Waals surface area contributed by atoms with Crippen molar-refractivity contribution in [3.63, 3.8) is 0 Å². The van der Waals surface area contributed by atoms with Crippen molar-refractivity contribution in [2.75, 3.05) is 0 Å². The summed E-state index contributed by atoms with van der Waals surface area (Å²) in [5.41, 5.74) is 15.3. The molecule has 1 aliphatic rings. The summed E-state index contributed by atoms with van der Waals surface area (Å²) in [5.74, 6) is 0. The molecule has 9 aromatic carbocycles. The van der Waals surface area contributed by atoms with Crippen LogP contribution >= 0.6 is 23.2 Å². The molecule has 0 fully saturated rings. The van der Waals surface area contributed by atoms with Gasteiger partial charge in [0, 0.05) is 0 Å². The molecule has 0 saturated carbocycles. The monoisotopic (exact) mass is 920 g/mol. The molecule has 3 heteroatoms. The molecule has 9 aromatic rings. The molecule has 62 heavy (non-hydrogen) atoms. The first-order chi connectivity index (χ1) is 29.3. The van der Waals surface area contributed by atoms with Crippen molar-refractivity contribution in [2.24, 2.45) is 0 Å². The largest absolute Gasteiger partial charge is 2.00 e. The predicted molar refractivity (Wildman–Crippen MR) is 264 cm³/mol. The van der Waals surface area contributed by atoms with Gasteiger partial charge in [-0.3, -0.25) is 0 Å². The minimum absolute atomic E-state index is 0. The summed E-state index contributed by atoms with van der Waals surface area (Å²) in [7, 11) is 0. The van der Waals surface area contributed by atoms with Gasteiger partial charge in [0.1, 0.15) is 0 Å². The molecule has 306 valence electrons. The van der Waals surface area contributed by atoms with Gasteiger partial charge in [-0.05, 0) is 84.3 Å². The van der Waals surface area contributed by atoms with E-state index in [0.717, 1.165) is 28.3 Å². The van der Waals surface area contributed by atoms with E-state index < -0.39 is 4.33 Å². The van der Waals surface area contributed by atoms with Crippen LogP contribution in [-0.4, -0.2) is 0 Å². The quantitative estimate of drug-likeness (QED) is 0.122. The minimum atomic E-state index is -1.08. The fourth-order valence-corrected chi connectivity index (χ4v) is 8.83. The average molecular weight is 923 g/mol. The standard InChI is InChI=1S/C33H33.C21H14Cl2.C5H5.Zr/c1-32(2,3)30-20-26-24(18-28(30)22-13-9-7-10-14-22)17-25-19-29(23-15-11-8-12-16-23)31(21-27(25)26)33(4,5)6;22-21(23,19-11-9-15-5-1-3-7-17(15)13-19)20-12-10-16-6-2-4-8-18(16)14-20;1-2-4-5-3-1;/h7-16,18,20-21H,17H2,1-6H3;1-14H;1-5H;/q-1;;-1;+2. The normalized spacial score (nSPS) is 12.0. The Kier molecular flexibility index (Phi) is 13.7. The topological polar surface area (TPSA) is 0 Å². The number of hydrogen-bond acceptors (Lipinski definition) is 0. The van der Waals surface area contributed by atoms with Gasteiger partial charge in [0.2, 0.25) is 0 Å². The van der Waals surface area contributed by atoms with Gasteiger partial charge in [0.15, 0.2) is 4.33 Å². The van der Waals surface area contributed by atoms with Crippen LogP contribution in [0.5, 0.6) is 0 Å². The molecule has 0 N–H and O–H groups in total. The van der Waals surface area contributed by atoms with Gasteiger partial charge in [0.25, 0.3) is 0 Å². The summed E-state index contributed by atoms with van der Waals surface area (Å²) in [6, 6.07) is 71.5. The first kappa shape index (κ1) is 45.1. The van der Waals surface area contributed by atoms with Gasteiger partial charge in [-0.15, -0.1) is 28.8 Å². The van der Waals surface area contributed by atoms with Crippen LogP contribution in [0.3, 0.4) is 0 Å². The van der Waals surface area contributed by atoms with E-state index in [4.69, 9.17) is 23.2 Å². The minimum Gasteiger partial charge on any atom is -0.214 e. The third kappa shape index (κ3) is 9.82. The van der Waals surface area contributed by atoms with E-state index >= 15 is 0 Å². The molecular formula is C59H52Cl2Zr. The van der Waals surface area contributed by atoms with Gasteiger partial charge >= 0.3 is 26.2 Å². The summed E-state index contributed by atoms with van der Waals surface area (Å²) in [6.07, 6.45) is 0.944. The summed E-state index contributed by atoms with van der Waals surface area (Å²) < 4.78 is -1.08. The zero-order chi connectivity index (χ0) is 42.8. The number of fused-ring (bicyclic) bond motifs is 5. The number of hydrogen-bond donors (Lipinski definition) is 0. The van der Waals surface area contributed by atoms with E-state index in [-0.39, 0.29) is 37.0 Å².